The van der Waals surface area contributed by atoms with Crippen molar-refractivity contribution in [2.45, 2.75) is 23.9 Å². The zero-order chi connectivity index (χ0) is 18.5. The fourth-order valence-electron chi connectivity index (χ4n) is 2.97. The monoisotopic (exact) mass is 373 g/mol. The SMILES string of the molecule is O=c1c2ccccc2nc(SCc2cccnc2)n1CCc1ccccc1. The predicted molar refractivity (Wildman–Crippen MR) is 110 cm³/mol. The Kier molecular flexibility index (Phi) is 5.30. The van der Waals surface area contributed by atoms with Gasteiger partial charge < -0.3 is 0 Å². The van der Waals surface area contributed by atoms with Crippen molar-refractivity contribution < 1.29 is 0 Å². The van der Waals surface area contributed by atoms with Crippen LogP contribution in [0.1, 0.15) is 11.1 Å². The molecule has 2 aromatic heterocycles. The van der Waals surface area contributed by atoms with Crippen LogP contribution >= 0.6 is 11.8 Å². The molecule has 5 heteroatoms. The maximum absolute atomic E-state index is 13.1. The van der Waals surface area contributed by atoms with Gasteiger partial charge in [-0.1, -0.05) is 60.3 Å². The molecule has 27 heavy (non-hydrogen) atoms. The van der Waals surface area contributed by atoms with E-state index in [2.05, 4.69) is 17.1 Å². The topological polar surface area (TPSA) is 47.8 Å². The largest absolute Gasteiger partial charge is 0.287 e. The highest BCUT2D eigenvalue weighted by molar-refractivity contribution is 7.98. The molecule has 0 radical (unpaired) electrons. The lowest BCUT2D eigenvalue weighted by Crippen LogP contribution is -2.24. The van der Waals surface area contributed by atoms with Gasteiger partial charge in [0, 0.05) is 24.7 Å². The number of hydrogen-bond donors (Lipinski definition) is 0. The number of aryl methyl sites for hydroxylation is 1. The van der Waals surface area contributed by atoms with Crippen molar-refractivity contribution in [1.82, 2.24) is 14.5 Å². The molecule has 0 aliphatic carbocycles. The highest BCUT2D eigenvalue weighted by atomic mass is 32.2. The number of pyridine rings is 1. The Bertz CT molecular complexity index is 1090. The third kappa shape index (κ3) is 4.09. The first kappa shape index (κ1) is 17.5. The average molecular weight is 373 g/mol. The van der Waals surface area contributed by atoms with Crippen LogP contribution in [0.25, 0.3) is 10.9 Å². The Morgan fingerprint density at radius 2 is 1.67 bits per heavy atom. The molecule has 0 bridgehead atoms. The van der Waals surface area contributed by atoms with E-state index < -0.39 is 0 Å². The molecule has 2 heterocycles. The van der Waals surface area contributed by atoms with Crippen LogP contribution in [0.3, 0.4) is 0 Å². The summed E-state index contributed by atoms with van der Waals surface area (Å²) in [6.45, 7) is 0.607. The summed E-state index contributed by atoms with van der Waals surface area (Å²) in [7, 11) is 0. The minimum Gasteiger partial charge on any atom is -0.287 e. The molecule has 0 spiro atoms. The van der Waals surface area contributed by atoms with Gasteiger partial charge >= 0.3 is 0 Å². The summed E-state index contributed by atoms with van der Waals surface area (Å²) in [5, 5.41) is 1.41. The van der Waals surface area contributed by atoms with E-state index in [9.17, 15) is 4.79 Å². The van der Waals surface area contributed by atoms with E-state index in [0.717, 1.165) is 28.4 Å². The molecule has 2 aromatic carbocycles. The van der Waals surface area contributed by atoms with Gasteiger partial charge in [0.15, 0.2) is 5.16 Å². The number of thioether (sulfide) groups is 1. The molecule has 0 aliphatic heterocycles. The van der Waals surface area contributed by atoms with Crippen LogP contribution < -0.4 is 5.56 Å². The summed E-state index contributed by atoms with van der Waals surface area (Å²) in [5.74, 6) is 0.726. The summed E-state index contributed by atoms with van der Waals surface area (Å²) in [5.41, 5.74) is 3.08. The maximum atomic E-state index is 13.1. The number of aromatic nitrogens is 3. The van der Waals surface area contributed by atoms with E-state index in [4.69, 9.17) is 4.98 Å². The van der Waals surface area contributed by atoms with E-state index in [1.165, 1.54) is 5.56 Å². The van der Waals surface area contributed by atoms with Crippen molar-refractivity contribution in [1.29, 1.82) is 0 Å². The Balaban J connectivity index is 1.67. The quantitative estimate of drug-likeness (QED) is 0.373. The lowest BCUT2D eigenvalue weighted by molar-refractivity contribution is 0.595. The second kappa shape index (κ2) is 8.18. The van der Waals surface area contributed by atoms with Gasteiger partial charge in [0.05, 0.1) is 10.9 Å². The molecule has 0 saturated heterocycles. The fourth-order valence-corrected chi connectivity index (χ4v) is 3.93. The molecule has 134 valence electrons. The third-order valence-electron chi connectivity index (χ3n) is 4.38. The first-order valence-corrected chi connectivity index (χ1v) is 9.85. The van der Waals surface area contributed by atoms with Crippen molar-refractivity contribution >= 4 is 22.7 Å². The van der Waals surface area contributed by atoms with Gasteiger partial charge in [-0.3, -0.25) is 14.3 Å². The van der Waals surface area contributed by atoms with Crippen molar-refractivity contribution in [3.05, 3.63) is 101 Å². The number of benzene rings is 2. The standard InChI is InChI=1S/C22H19N3OS/c26-21-19-10-4-5-11-20(19)24-22(27-16-18-9-6-13-23-15-18)25(21)14-12-17-7-2-1-3-8-17/h1-11,13,15H,12,14,16H2. The van der Waals surface area contributed by atoms with Crippen LogP contribution in [0.5, 0.6) is 0 Å². The van der Waals surface area contributed by atoms with Gasteiger partial charge in [-0.05, 0) is 35.7 Å². The molecule has 0 atom stereocenters. The highest BCUT2D eigenvalue weighted by Crippen LogP contribution is 2.22. The zero-order valence-electron chi connectivity index (χ0n) is 14.8. The molecule has 0 N–H and O–H groups in total. The number of para-hydroxylation sites is 1. The number of nitrogens with zero attached hydrogens (tertiary/aromatic N) is 3. The van der Waals surface area contributed by atoms with Crippen LogP contribution in [0.15, 0.2) is 89.1 Å². The fraction of sp³-hybridized carbons (Fsp3) is 0.136. The van der Waals surface area contributed by atoms with Crippen LogP contribution in [0, 0.1) is 0 Å². The van der Waals surface area contributed by atoms with E-state index in [1.54, 1.807) is 22.5 Å². The summed E-state index contributed by atoms with van der Waals surface area (Å²) in [4.78, 5) is 22.0. The van der Waals surface area contributed by atoms with Gasteiger partial charge in [0.2, 0.25) is 0 Å². The van der Waals surface area contributed by atoms with E-state index in [-0.39, 0.29) is 5.56 Å². The minimum absolute atomic E-state index is 0.0187. The summed E-state index contributed by atoms with van der Waals surface area (Å²) in [6, 6.07) is 21.7. The first-order chi connectivity index (χ1) is 13.3. The molecular weight excluding hydrogens is 354 g/mol. The Labute approximate surface area is 161 Å². The Morgan fingerprint density at radius 3 is 2.48 bits per heavy atom. The highest BCUT2D eigenvalue weighted by Gasteiger charge is 2.12. The zero-order valence-corrected chi connectivity index (χ0v) is 15.6. The smallest absolute Gasteiger partial charge is 0.262 e. The van der Waals surface area contributed by atoms with Crippen molar-refractivity contribution in [2.24, 2.45) is 0 Å². The number of hydrogen-bond acceptors (Lipinski definition) is 4. The number of fused-ring (bicyclic) bond motifs is 1. The minimum atomic E-state index is 0.0187. The number of rotatable bonds is 6. The van der Waals surface area contributed by atoms with Crippen molar-refractivity contribution in [3.63, 3.8) is 0 Å². The lowest BCUT2D eigenvalue weighted by Gasteiger charge is -2.13. The second-order valence-corrected chi connectivity index (χ2v) is 7.20. The molecule has 4 rings (SSSR count). The normalized spacial score (nSPS) is 11.0. The molecule has 0 fully saturated rings. The Hall–Kier alpha value is -2.92. The van der Waals surface area contributed by atoms with E-state index >= 15 is 0 Å². The van der Waals surface area contributed by atoms with Gasteiger partial charge in [0.25, 0.3) is 5.56 Å². The van der Waals surface area contributed by atoms with E-state index in [0.29, 0.717) is 11.9 Å². The van der Waals surface area contributed by atoms with E-state index in [1.807, 2.05) is 60.8 Å². The van der Waals surface area contributed by atoms with Gasteiger partial charge in [-0.25, -0.2) is 4.98 Å². The molecular formula is C22H19N3OS. The van der Waals surface area contributed by atoms with Crippen molar-refractivity contribution in [3.8, 4) is 0 Å². The summed E-state index contributed by atoms with van der Waals surface area (Å²) in [6.07, 6.45) is 4.40. The lowest BCUT2D eigenvalue weighted by atomic mass is 10.1. The molecule has 0 amide bonds. The van der Waals surface area contributed by atoms with Gasteiger partial charge in [0.1, 0.15) is 0 Å². The van der Waals surface area contributed by atoms with Crippen LogP contribution in [-0.4, -0.2) is 14.5 Å². The van der Waals surface area contributed by atoms with Gasteiger partial charge in [-0.15, -0.1) is 0 Å². The van der Waals surface area contributed by atoms with Crippen molar-refractivity contribution in [2.75, 3.05) is 0 Å². The van der Waals surface area contributed by atoms with Crippen LogP contribution in [-0.2, 0) is 18.7 Å². The van der Waals surface area contributed by atoms with Gasteiger partial charge in [-0.2, -0.15) is 0 Å². The average Bonchev–Trinajstić information content (AvgIpc) is 2.73. The second-order valence-electron chi connectivity index (χ2n) is 6.25. The summed E-state index contributed by atoms with van der Waals surface area (Å²) < 4.78 is 1.80. The van der Waals surface area contributed by atoms with Crippen LogP contribution in [0.4, 0.5) is 0 Å². The first-order valence-electron chi connectivity index (χ1n) is 8.86. The molecule has 4 nitrogen and oxygen atoms in total. The van der Waals surface area contributed by atoms with Crippen LogP contribution in [0.2, 0.25) is 0 Å². The molecule has 0 aliphatic rings. The maximum Gasteiger partial charge on any atom is 0.262 e. The molecule has 4 aromatic rings. The Morgan fingerprint density at radius 1 is 0.889 bits per heavy atom. The molecule has 0 unspecified atom stereocenters. The summed E-state index contributed by atoms with van der Waals surface area (Å²) >= 11 is 1.58. The predicted octanol–water partition coefficient (Wildman–Crippen LogP) is 4.33. The third-order valence-corrected chi connectivity index (χ3v) is 5.43. The molecule has 0 saturated carbocycles.